The van der Waals surface area contributed by atoms with E-state index in [0.717, 1.165) is 19.0 Å². The predicted octanol–water partition coefficient (Wildman–Crippen LogP) is 2.18. The highest BCUT2D eigenvalue weighted by Gasteiger charge is 2.33. The second-order valence-electron chi connectivity index (χ2n) is 3.64. The standard InChI is InChI=1S/C10H11F3N2/c11-10(12,13)9-3-1-2-8(15-9)7-4-5-14-6-7/h1-3,7,14H,4-6H2/t7-/m0/s1. The first kappa shape index (κ1) is 10.4. The number of hydrogen-bond acceptors (Lipinski definition) is 2. The Morgan fingerprint density at radius 3 is 2.73 bits per heavy atom. The molecule has 0 bridgehead atoms. The van der Waals surface area contributed by atoms with Crippen LogP contribution in [0.4, 0.5) is 13.2 Å². The second-order valence-corrected chi connectivity index (χ2v) is 3.64. The number of nitrogens with zero attached hydrogens (tertiary/aromatic N) is 1. The third kappa shape index (κ3) is 2.28. The Bertz CT molecular complexity index is 343. The summed E-state index contributed by atoms with van der Waals surface area (Å²) in [4.78, 5) is 3.66. The van der Waals surface area contributed by atoms with E-state index in [1.807, 2.05) is 0 Å². The van der Waals surface area contributed by atoms with Crippen LogP contribution < -0.4 is 5.32 Å². The highest BCUT2D eigenvalue weighted by atomic mass is 19.4. The summed E-state index contributed by atoms with van der Waals surface area (Å²) in [5.41, 5.74) is -0.262. The molecule has 1 saturated heterocycles. The highest BCUT2D eigenvalue weighted by molar-refractivity contribution is 5.18. The van der Waals surface area contributed by atoms with Gasteiger partial charge >= 0.3 is 6.18 Å². The first-order valence-corrected chi connectivity index (χ1v) is 4.82. The molecule has 0 saturated carbocycles. The zero-order valence-electron chi connectivity index (χ0n) is 8.01. The molecule has 0 spiro atoms. The molecule has 5 heteroatoms. The molecular weight excluding hydrogens is 205 g/mol. The summed E-state index contributed by atoms with van der Waals surface area (Å²) < 4.78 is 37.1. The van der Waals surface area contributed by atoms with Crippen molar-refractivity contribution in [3.05, 3.63) is 29.6 Å². The van der Waals surface area contributed by atoms with Gasteiger partial charge in [-0.15, -0.1) is 0 Å². The summed E-state index contributed by atoms with van der Waals surface area (Å²) in [7, 11) is 0. The summed E-state index contributed by atoms with van der Waals surface area (Å²) in [5, 5.41) is 3.11. The molecule has 1 aliphatic heterocycles. The smallest absolute Gasteiger partial charge is 0.316 e. The van der Waals surface area contributed by atoms with E-state index in [1.54, 1.807) is 6.07 Å². The monoisotopic (exact) mass is 216 g/mol. The van der Waals surface area contributed by atoms with Crippen LogP contribution in [0.25, 0.3) is 0 Å². The Hall–Kier alpha value is -1.10. The lowest BCUT2D eigenvalue weighted by molar-refractivity contribution is -0.141. The number of pyridine rings is 1. The molecule has 1 atom stereocenters. The van der Waals surface area contributed by atoms with Crippen LogP contribution in [0.15, 0.2) is 18.2 Å². The van der Waals surface area contributed by atoms with Gasteiger partial charge in [0.15, 0.2) is 0 Å². The average Bonchev–Trinajstić information content (AvgIpc) is 2.69. The molecule has 2 rings (SSSR count). The van der Waals surface area contributed by atoms with Crippen LogP contribution in [0.2, 0.25) is 0 Å². The molecule has 1 aromatic heterocycles. The van der Waals surface area contributed by atoms with Crippen LogP contribution in [0.3, 0.4) is 0 Å². The summed E-state index contributed by atoms with van der Waals surface area (Å²) in [5.74, 6) is 0.118. The van der Waals surface area contributed by atoms with E-state index in [2.05, 4.69) is 10.3 Å². The Morgan fingerprint density at radius 2 is 2.13 bits per heavy atom. The third-order valence-corrected chi connectivity index (χ3v) is 2.54. The predicted molar refractivity (Wildman–Crippen MR) is 49.5 cm³/mol. The van der Waals surface area contributed by atoms with Crippen molar-refractivity contribution in [3.63, 3.8) is 0 Å². The molecule has 15 heavy (non-hydrogen) atoms. The quantitative estimate of drug-likeness (QED) is 0.778. The second kappa shape index (κ2) is 3.81. The first-order chi connectivity index (χ1) is 7.07. The van der Waals surface area contributed by atoms with Crippen molar-refractivity contribution in [2.24, 2.45) is 0 Å². The van der Waals surface area contributed by atoms with E-state index in [9.17, 15) is 13.2 Å². The van der Waals surface area contributed by atoms with Crippen molar-refractivity contribution in [1.29, 1.82) is 0 Å². The number of alkyl halides is 3. The molecule has 0 unspecified atom stereocenters. The number of aromatic nitrogens is 1. The van der Waals surface area contributed by atoms with Gasteiger partial charge in [-0.3, -0.25) is 0 Å². The number of halogens is 3. The van der Waals surface area contributed by atoms with Gasteiger partial charge in [0.2, 0.25) is 0 Å². The largest absolute Gasteiger partial charge is 0.433 e. The van der Waals surface area contributed by atoms with Gasteiger partial charge in [0, 0.05) is 18.2 Å². The topological polar surface area (TPSA) is 24.9 Å². The Morgan fingerprint density at radius 1 is 1.33 bits per heavy atom. The Kier molecular flexibility index (Phi) is 2.65. The molecule has 0 aliphatic carbocycles. The normalized spacial score (nSPS) is 21.9. The van der Waals surface area contributed by atoms with Crippen LogP contribution in [-0.4, -0.2) is 18.1 Å². The molecule has 1 fully saturated rings. The molecule has 1 N–H and O–H groups in total. The fourth-order valence-electron chi connectivity index (χ4n) is 1.74. The molecule has 1 aliphatic rings. The molecule has 0 amide bonds. The third-order valence-electron chi connectivity index (χ3n) is 2.54. The lowest BCUT2D eigenvalue weighted by Crippen LogP contribution is -2.12. The number of nitrogens with one attached hydrogen (secondary N) is 1. The van der Waals surface area contributed by atoms with Crippen LogP contribution in [0.5, 0.6) is 0 Å². The molecular formula is C10H11F3N2. The van der Waals surface area contributed by atoms with Gasteiger partial charge in [0.05, 0.1) is 0 Å². The number of rotatable bonds is 1. The van der Waals surface area contributed by atoms with Crippen LogP contribution in [-0.2, 0) is 6.18 Å². The van der Waals surface area contributed by atoms with E-state index in [1.165, 1.54) is 6.07 Å². The van der Waals surface area contributed by atoms with Crippen molar-refractivity contribution in [2.75, 3.05) is 13.1 Å². The minimum Gasteiger partial charge on any atom is -0.316 e. The fraction of sp³-hybridized carbons (Fsp3) is 0.500. The van der Waals surface area contributed by atoms with Crippen molar-refractivity contribution in [3.8, 4) is 0 Å². The van der Waals surface area contributed by atoms with E-state index in [-0.39, 0.29) is 5.92 Å². The number of hydrogen-bond donors (Lipinski definition) is 1. The maximum absolute atomic E-state index is 12.4. The van der Waals surface area contributed by atoms with Gasteiger partial charge in [-0.05, 0) is 25.1 Å². The SMILES string of the molecule is FC(F)(F)c1cccc([C@H]2CCNC2)n1. The first-order valence-electron chi connectivity index (χ1n) is 4.82. The maximum atomic E-state index is 12.4. The molecule has 2 heterocycles. The molecule has 2 nitrogen and oxygen atoms in total. The van der Waals surface area contributed by atoms with Crippen molar-refractivity contribution < 1.29 is 13.2 Å². The van der Waals surface area contributed by atoms with E-state index in [4.69, 9.17) is 0 Å². The zero-order valence-corrected chi connectivity index (χ0v) is 8.01. The minimum absolute atomic E-state index is 0.118. The van der Waals surface area contributed by atoms with Gasteiger partial charge in [-0.2, -0.15) is 13.2 Å². The molecule has 0 radical (unpaired) electrons. The van der Waals surface area contributed by atoms with Gasteiger partial charge < -0.3 is 5.32 Å². The minimum atomic E-state index is -4.35. The average molecular weight is 216 g/mol. The fourth-order valence-corrected chi connectivity index (χ4v) is 1.74. The summed E-state index contributed by atoms with van der Waals surface area (Å²) in [6, 6.07) is 4.09. The summed E-state index contributed by atoms with van der Waals surface area (Å²) in [6.07, 6.45) is -3.49. The van der Waals surface area contributed by atoms with Gasteiger partial charge in [-0.1, -0.05) is 6.07 Å². The van der Waals surface area contributed by atoms with Gasteiger partial charge in [0.1, 0.15) is 5.69 Å². The summed E-state index contributed by atoms with van der Waals surface area (Å²) >= 11 is 0. The van der Waals surface area contributed by atoms with Crippen molar-refractivity contribution in [1.82, 2.24) is 10.3 Å². The Balaban J connectivity index is 2.26. The molecule has 82 valence electrons. The maximum Gasteiger partial charge on any atom is 0.433 e. The van der Waals surface area contributed by atoms with E-state index in [0.29, 0.717) is 12.2 Å². The molecule has 0 aromatic carbocycles. The molecule has 1 aromatic rings. The van der Waals surface area contributed by atoms with Crippen molar-refractivity contribution in [2.45, 2.75) is 18.5 Å². The van der Waals surface area contributed by atoms with Crippen LogP contribution >= 0.6 is 0 Å². The van der Waals surface area contributed by atoms with Crippen molar-refractivity contribution >= 4 is 0 Å². The van der Waals surface area contributed by atoms with Crippen LogP contribution in [0, 0.1) is 0 Å². The Labute approximate surface area is 85.5 Å². The highest BCUT2D eigenvalue weighted by Crippen LogP contribution is 2.29. The van der Waals surface area contributed by atoms with Gasteiger partial charge in [-0.25, -0.2) is 4.98 Å². The lowest BCUT2D eigenvalue weighted by atomic mass is 10.0. The van der Waals surface area contributed by atoms with E-state index < -0.39 is 11.9 Å². The van der Waals surface area contributed by atoms with Crippen LogP contribution in [0.1, 0.15) is 23.7 Å². The lowest BCUT2D eigenvalue weighted by Gasteiger charge is -2.11. The van der Waals surface area contributed by atoms with Gasteiger partial charge in [0.25, 0.3) is 0 Å². The zero-order chi connectivity index (χ0) is 10.9. The van der Waals surface area contributed by atoms with E-state index >= 15 is 0 Å². The summed E-state index contributed by atoms with van der Waals surface area (Å²) in [6.45, 7) is 1.57.